The number of rotatable bonds is 4. The van der Waals surface area contributed by atoms with Crippen LogP contribution in [0.3, 0.4) is 0 Å². The molecule has 7 nitrogen and oxygen atoms in total. The van der Waals surface area contributed by atoms with E-state index in [1.807, 2.05) is 0 Å². The largest absolute Gasteiger partial charge is 0.479 e. The molecule has 1 aromatic heterocycles. The van der Waals surface area contributed by atoms with Crippen molar-refractivity contribution in [3.8, 4) is 0 Å². The van der Waals surface area contributed by atoms with Crippen LogP contribution >= 0.6 is 0 Å². The summed E-state index contributed by atoms with van der Waals surface area (Å²) in [4.78, 5) is 11.6. The minimum Gasteiger partial charge on any atom is -0.479 e. The van der Waals surface area contributed by atoms with Gasteiger partial charge in [-0.3, -0.25) is 0 Å². The van der Waals surface area contributed by atoms with Crippen LogP contribution in [0.4, 0.5) is 0 Å². The fraction of sp³-hybridized carbons (Fsp3) is 0.667. The lowest BCUT2D eigenvalue weighted by molar-refractivity contribution is -0.150. The van der Waals surface area contributed by atoms with Gasteiger partial charge in [0.1, 0.15) is 6.61 Å². The summed E-state index contributed by atoms with van der Waals surface area (Å²) in [5.74, 6) is -0.639. The van der Waals surface area contributed by atoms with Crippen molar-refractivity contribution in [3.05, 3.63) is 5.82 Å². The molecule has 7 heteroatoms. The Balaban J connectivity index is 2.39. The lowest BCUT2D eigenvalue weighted by Gasteiger charge is -2.04. The first-order valence-corrected chi connectivity index (χ1v) is 3.67. The molecule has 1 N–H and O–H groups in total. The van der Waals surface area contributed by atoms with Crippen LogP contribution in [0.1, 0.15) is 12.7 Å². The fourth-order valence-corrected chi connectivity index (χ4v) is 0.652. The van der Waals surface area contributed by atoms with Gasteiger partial charge in [-0.25, -0.2) is 4.79 Å². The molecule has 0 saturated heterocycles. The SMILES string of the molecule is C[C@H](OCc1nnn(C)n1)C(=O)O. The number of aliphatic carboxylic acids is 1. The maximum atomic E-state index is 10.3. The van der Waals surface area contributed by atoms with Crippen LogP contribution in [0.15, 0.2) is 0 Å². The van der Waals surface area contributed by atoms with Gasteiger partial charge in [-0.2, -0.15) is 4.80 Å². The van der Waals surface area contributed by atoms with Crippen LogP contribution in [-0.4, -0.2) is 37.4 Å². The lowest BCUT2D eigenvalue weighted by Crippen LogP contribution is -2.19. The minimum absolute atomic E-state index is 0.0569. The van der Waals surface area contributed by atoms with E-state index < -0.39 is 12.1 Å². The molecule has 1 atom stereocenters. The Morgan fingerprint density at radius 3 is 2.92 bits per heavy atom. The van der Waals surface area contributed by atoms with Crippen LogP contribution in [0.25, 0.3) is 0 Å². The van der Waals surface area contributed by atoms with E-state index in [4.69, 9.17) is 9.84 Å². The van der Waals surface area contributed by atoms with Gasteiger partial charge in [0.25, 0.3) is 0 Å². The van der Waals surface area contributed by atoms with Crippen molar-refractivity contribution in [2.75, 3.05) is 0 Å². The first kappa shape index (κ1) is 9.59. The molecule has 1 rings (SSSR count). The molecule has 0 fully saturated rings. The molecule has 0 spiro atoms. The molecule has 0 radical (unpaired) electrons. The Hall–Kier alpha value is -1.50. The maximum Gasteiger partial charge on any atom is 0.332 e. The Labute approximate surface area is 74.3 Å². The second-order valence-corrected chi connectivity index (χ2v) is 2.49. The molecule has 0 bridgehead atoms. The highest BCUT2D eigenvalue weighted by Crippen LogP contribution is 1.96. The molecule has 72 valence electrons. The molecular formula is C6H10N4O3. The monoisotopic (exact) mass is 186 g/mol. The predicted molar refractivity (Wildman–Crippen MR) is 40.7 cm³/mol. The van der Waals surface area contributed by atoms with Gasteiger partial charge in [-0.1, -0.05) is 0 Å². The van der Waals surface area contributed by atoms with E-state index in [-0.39, 0.29) is 6.61 Å². The van der Waals surface area contributed by atoms with Crippen LogP contribution < -0.4 is 0 Å². The Morgan fingerprint density at radius 1 is 1.77 bits per heavy atom. The van der Waals surface area contributed by atoms with Gasteiger partial charge < -0.3 is 9.84 Å². The molecule has 0 aromatic carbocycles. The van der Waals surface area contributed by atoms with Gasteiger partial charge in [-0.15, -0.1) is 10.2 Å². The van der Waals surface area contributed by atoms with Crippen molar-refractivity contribution in [1.29, 1.82) is 0 Å². The zero-order valence-corrected chi connectivity index (χ0v) is 7.34. The van der Waals surface area contributed by atoms with E-state index in [1.165, 1.54) is 11.7 Å². The average Bonchev–Trinajstić information content (AvgIpc) is 2.47. The summed E-state index contributed by atoms with van der Waals surface area (Å²) in [5, 5.41) is 19.5. The van der Waals surface area contributed by atoms with Crippen molar-refractivity contribution in [2.24, 2.45) is 7.05 Å². The van der Waals surface area contributed by atoms with Gasteiger partial charge in [0.05, 0.1) is 7.05 Å². The molecule has 0 aliphatic rings. The van der Waals surface area contributed by atoms with Crippen molar-refractivity contribution in [2.45, 2.75) is 19.6 Å². The van der Waals surface area contributed by atoms with E-state index >= 15 is 0 Å². The van der Waals surface area contributed by atoms with Crippen molar-refractivity contribution in [1.82, 2.24) is 20.2 Å². The number of tetrazole rings is 1. The summed E-state index contributed by atoms with van der Waals surface area (Å²) in [6.45, 7) is 1.50. The third-order valence-corrected chi connectivity index (χ3v) is 1.36. The standard InChI is InChI=1S/C6H10N4O3/c1-4(6(11)12)13-3-5-7-9-10(2)8-5/h4H,3H2,1-2H3,(H,11,12)/t4-/m0/s1. The number of carbonyl (C=O) groups is 1. The van der Waals surface area contributed by atoms with Crippen LogP contribution in [0, 0.1) is 0 Å². The van der Waals surface area contributed by atoms with Crippen LogP contribution in [0.2, 0.25) is 0 Å². The van der Waals surface area contributed by atoms with E-state index in [2.05, 4.69) is 15.4 Å². The van der Waals surface area contributed by atoms with Gasteiger partial charge in [0, 0.05) is 0 Å². The number of carboxylic acid groups (broad SMARTS) is 1. The number of ether oxygens (including phenoxy) is 1. The second kappa shape index (κ2) is 3.94. The molecule has 13 heavy (non-hydrogen) atoms. The smallest absolute Gasteiger partial charge is 0.332 e. The molecule has 0 saturated carbocycles. The Kier molecular flexibility index (Phi) is 2.91. The molecule has 0 aliphatic carbocycles. The predicted octanol–water partition coefficient (Wildman–Crippen LogP) is -0.800. The Bertz CT molecular complexity index is 298. The number of aryl methyl sites for hydroxylation is 1. The molecular weight excluding hydrogens is 176 g/mol. The second-order valence-electron chi connectivity index (χ2n) is 2.49. The Morgan fingerprint density at radius 2 is 2.46 bits per heavy atom. The quantitative estimate of drug-likeness (QED) is 0.662. The number of carboxylic acids is 1. The number of hydrogen-bond donors (Lipinski definition) is 1. The zero-order valence-electron chi connectivity index (χ0n) is 7.34. The van der Waals surface area contributed by atoms with Gasteiger partial charge in [0.2, 0.25) is 0 Å². The summed E-state index contributed by atoms with van der Waals surface area (Å²) in [6.07, 6.45) is -0.858. The third kappa shape index (κ3) is 2.79. The van der Waals surface area contributed by atoms with Crippen LogP contribution in [-0.2, 0) is 23.2 Å². The van der Waals surface area contributed by atoms with E-state index in [0.29, 0.717) is 5.82 Å². The molecule has 0 aliphatic heterocycles. The molecule has 0 unspecified atom stereocenters. The van der Waals surface area contributed by atoms with E-state index in [0.717, 1.165) is 0 Å². The number of aromatic nitrogens is 4. The number of hydrogen-bond acceptors (Lipinski definition) is 5. The van der Waals surface area contributed by atoms with Gasteiger partial charge in [0.15, 0.2) is 11.9 Å². The van der Waals surface area contributed by atoms with Crippen LogP contribution in [0.5, 0.6) is 0 Å². The molecule has 0 amide bonds. The summed E-state index contributed by atoms with van der Waals surface area (Å²) in [7, 11) is 1.62. The first-order chi connectivity index (χ1) is 6.09. The highest BCUT2D eigenvalue weighted by molar-refractivity contribution is 5.71. The topological polar surface area (TPSA) is 90.1 Å². The van der Waals surface area contributed by atoms with Gasteiger partial charge >= 0.3 is 5.97 Å². The highest BCUT2D eigenvalue weighted by Gasteiger charge is 2.12. The lowest BCUT2D eigenvalue weighted by atomic mass is 10.4. The minimum atomic E-state index is -1.01. The van der Waals surface area contributed by atoms with Crippen molar-refractivity contribution >= 4 is 5.97 Å². The maximum absolute atomic E-state index is 10.3. The summed E-state index contributed by atoms with van der Waals surface area (Å²) in [6, 6.07) is 0. The summed E-state index contributed by atoms with van der Waals surface area (Å²) >= 11 is 0. The van der Waals surface area contributed by atoms with E-state index in [1.54, 1.807) is 7.05 Å². The van der Waals surface area contributed by atoms with E-state index in [9.17, 15) is 4.79 Å². The average molecular weight is 186 g/mol. The number of nitrogens with zero attached hydrogens (tertiary/aromatic N) is 4. The zero-order chi connectivity index (χ0) is 9.84. The highest BCUT2D eigenvalue weighted by atomic mass is 16.5. The first-order valence-electron chi connectivity index (χ1n) is 3.67. The van der Waals surface area contributed by atoms with Crippen molar-refractivity contribution in [3.63, 3.8) is 0 Å². The summed E-state index contributed by atoms with van der Waals surface area (Å²) < 4.78 is 4.92. The van der Waals surface area contributed by atoms with Gasteiger partial charge in [-0.05, 0) is 12.1 Å². The molecule has 1 heterocycles. The normalized spacial score (nSPS) is 12.8. The summed E-state index contributed by atoms with van der Waals surface area (Å²) in [5.41, 5.74) is 0. The third-order valence-electron chi connectivity index (χ3n) is 1.36. The fourth-order valence-electron chi connectivity index (χ4n) is 0.652. The molecule has 1 aromatic rings. The van der Waals surface area contributed by atoms with Crippen molar-refractivity contribution < 1.29 is 14.6 Å².